The Bertz CT molecular complexity index is 409. The van der Waals surface area contributed by atoms with Crippen LogP contribution in [0, 0.1) is 0 Å². The molecule has 8 heteroatoms. The fourth-order valence-corrected chi connectivity index (χ4v) is 1.38. The van der Waals surface area contributed by atoms with Gasteiger partial charge in [0, 0.05) is 6.42 Å². The number of hydrogen-bond acceptors (Lipinski definition) is 2. The van der Waals surface area contributed by atoms with E-state index in [1.54, 1.807) is 0 Å². The lowest BCUT2D eigenvalue weighted by Crippen LogP contribution is -2.30. The highest BCUT2D eigenvalue weighted by Gasteiger charge is 2.39. The van der Waals surface area contributed by atoms with Crippen LogP contribution < -0.4 is 0 Å². The van der Waals surface area contributed by atoms with Crippen LogP contribution in [0.3, 0.4) is 0 Å². The molecule has 2 N–H and O–H groups in total. The first-order chi connectivity index (χ1) is 8.51. The van der Waals surface area contributed by atoms with Crippen molar-refractivity contribution in [1.82, 2.24) is 0 Å². The van der Waals surface area contributed by atoms with Crippen LogP contribution in [0.1, 0.15) is 23.7 Å². The van der Waals surface area contributed by atoms with Gasteiger partial charge in [0.2, 0.25) is 0 Å². The van der Waals surface area contributed by atoms with Gasteiger partial charge in [-0.05, 0) is 17.7 Å². The minimum Gasteiger partial charge on any atom is -0.388 e. The number of benzene rings is 1. The molecular formula is C11H10F6O2. The maximum Gasteiger partial charge on any atom is 0.416 e. The Labute approximate surface area is 104 Å². The van der Waals surface area contributed by atoms with Gasteiger partial charge in [0.25, 0.3) is 0 Å². The van der Waals surface area contributed by atoms with Crippen molar-refractivity contribution in [3.05, 3.63) is 35.4 Å². The normalized spacial score (nSPS) is 16.2. The van der Waals surface area contributed by atoms with E-state index in [4.69, 9.17) is 5.11 Å². The van der Waals surface area contributed by atoms with Gasteiger partial charge in [-0.2, -0.15) is 26.3 Å². The first-order valence-electron chi connectivity index (χ1n) is 5.12. The molecule has 0 spiro atoms. The lowest BCUT2D eigenvalue weighted by molar-refractivity contribution is -0.211. The van der Waals surface area contributed by atoms with E-state index >= 15 is 0 Å². The Kier molecular flexibility index (Phi) is 4.46. The number of rotatable bonds is 3. The molecule has 0 saturated heterocycles. The molecule has 0 aliphatic rings. The van der Waals surface area contributed by atoms with Crippen LogP contribution in [0.15, 0.2) is 24.3 Å². The van der Waals surface area contributed by atoms with Crippen molar-refractivity contribution in [3.63, 3.8) is 0 Å². The molecule has 0 aliphatic heterocycles. The first-order valence-corrected chi connectivity index (χ1v) is 5.12. The Hall–Kier alpha value is -1.28. The Morgan fingerprint density at radius 2 is 1.37 bits per heavy atom. The van der Waals surface area contributed by atoms with Gasteiger partial charge in [-0.25, -0.2) is 0 Å². The lowest BCUT2D eigenvalue weighted by Gasteiger charge is -2.18. The van der Waals surface area contributed by atoms with E-state index < -0.39 is 36.5 Å². The summed E-state index contributed by atoms with van der Waals surface area (Å²) in [6.45, 7) is 0. The van der Waals surface area contributed by atoms with Crippen LogP contribution in [-0.2, 0) is 6.18 Å². The molecule has 1 rings (SSSR count). The molecule has 0 bridgehead atoms. The van der Waals surface area contributed by atoms with Crippen LogP contribution >= 0.6 is 0 Å². The maximum atomic E-state index is 12.2. The van der Waals surface area contributed by atoms with Gasteiger partial charge in [-0.3, -0.25) is 0 Å². The molecule has 108 valence electrons. The third kappa shape index (κ3) is 4.39. The third-order valence-corrected chi connectivity index (χ3v) is 2.45. The standard InChI is InChI=1S/C11H10F6O2/c12-10(13,14)7-3-1-6(2-4-7)8(18)5-9(19)11(15,16)17/h1-4,8-9,18-19H,5H2. The first kappa shape index (κ1) is 15.8. The lowest BCUT2D eigenvalue weighted by atomic mass is 10.0. The summed E-state index contributed by atoms with van der Waals surface area (Å²) in [5, 5.41) is 18.1. The Morgan fingerprint density at radius 1 is 0.895 bits per heavy atom. The predicted octanol–water partition coefficient (Wildman–Crippen LogP) is 3.05. The zero-order valence-electron chi connectivity index (χ0n) is 9.33. The van der Waals surface area contributed by atoms with Crippen molar-refractivity contribution in [3.8, 4) is 0 Å². The van der Waals surface area contributed by atoms with E-state index in [-0.39, 0.29) is 5.56 Å². The monoisotopic (exact) mass is 288 g/mol. The number of hydrogen-bond donors (Lipinski definition) is 2. The van der Waals surface area contributed by atoms with Crippen molar-refractivity contribution < 1.29 is 36.6 Å². The second-order valence-corrected chi connectivity index (χ2v) is 3.93. The zero-order valence-corrected chi connectivity index (χ0v) is 9.33. The Balaban J connectivity index is 2.76. The molecule has 0 aromatic heterocycles. The van der Waals surface area contributed by atoms with E-state index in [1.807, 2.05) is 0 Å². The van der Waals surface area contributed by atoms with Gasteiger partial charge in [-0.15, -0.1) is 0 Å². The third-order valence-electron chi connectivity index (χ3n) is 2.45. The molecule has 0 aliphatic carbocycles. The summed E-state index contributed by atoms with van der Waals surface area (Å²) in [6.07, 6.45) is -14.9. The zero-order chi connectivity index (χ0) is 14.8. The van der Waals surface area contributed by atoms with Crippen molar-refractivity contribution in [2.24, 2.45) is 0 Å². The molecular weight excluding hydrogens is 278 g/mol. The summed E-state index contributed by atoms with van der Waals surface area (Å²) in [7, 11) is 0. The molecule has 0 radical (unpaired) electrons. The summed E-state index contributed by atoms with van der Waals surface area (Å²) >= 11 is 0. The van der Waals surface area contributed by atoms with E-state index in [2.05, 4.69) is 0 Å². The van der Waals surface area contributed by atoms with Crippen LogP contribution in [0.5, 0.6) is 0 Å². The largest absolute Gasteiger partial charge is 0.416 e. The quantitative estimate of drug-likeness (QED) is 0.839. The van der Waals surface area contributed by atoms with Crippen LogP contribution in [0.25, 0.3) is 0 Å². The molecule has 1 aromatic carbocycles. The SMILES string of the molecule is OC(CC(O)C(F)(F)F)c1ccc(C(F)(F)F)cc1. The maximum absolute atomic E-state index is 12.2. The average molecular weight is 288 g/mol. The van der Waals surface area contributed by atoms with Crippen LogP contribution in [0.2, 0.25) is 0 Å². The summed E-state index contributed by atoms with van der Waals surface area (Å²) < 4.78 is 72.8. The number of halogens is 6. The van der Waals surface area contributed by atoms with Gasteiger partial charge in [0.15, 0.2) is 6.10 Å². The predicted molar refractivity (Wildman–Crippen MR) is 53.1 cm³/mol. The summed E-state index contributed by atoms with van der Waals surface area (Å²) in [5.41, 5.74) is -1.10. The van der Waals surface area contributed by atoms with E-state index in [0.29, 0.717) is 12.1 Å². The highest BCUT2D eigenvalue weighted by molar-refractivity contribution is 5.26. The molecule has 0 saturated carbocycles. The topological polar surface area (TPSA) is 40.5 Å². The van der Waals surface area contributed by atoms with Crippen molar-refractivity contribution in [2.45, 2.75) is 31.0 Å². The second-order valence-electron chi connectivity index (χ2n) is 3.93. The van der Waals surface area contributed by atoms with Gasteiger partial charge in [0.05, 0.1) is 11.7 Å². The fourth-order valence-electron chi connectivity index (χ4n) is 1.38. The van der Waals surface area contributed by atoms with Crippen molar-refractivity contribution in [1.29, 1.82) is 0 Å². The smallest absolute Gasteiger partial charge is 0.388 e. The molecule has 0 amide bonds. The van der Waals surface area contributed by atoms with Gasteiger partial charge >= 0.3 is 12.4 Å². The molecule has 0 fully saturated rings. The molecule has 2 unspecified atom stereocenters. The highest BCUT2D eigenvalue weighted by Crippen LogP contribution is 2.32. The highest BCUT2D eigenvalue weighted by atomic mass is 19.4. The summed E-state index contributed by atoms with van der Waals surface area (Å²) in [4.78, 5) is 0. The number of alkyl halides is 6. The molecule has 2 atom stereocenters. The minimum absolute atomic E-state index is 0.128. The van der Waals surface area contributed by atoms with Gasteiger partial charge < -0.3 is 10.2 Å². The fraction of sp³-hybridized carbons (Fsp3) is 0.455. The summed E-state index contributed by atoms with van der Waals surface area (Å²) in [6, 6.07) is 3.05. The average Bonchev–Trinajstić information content (AvgIpc) is 2.26. The molecule has 2 nitrogen and oxygen atoms in total. The van der Waals surface area contributed by atoms with Crippen LogP contribution in [0.4, 0.5) is 26.3 Å². The van der Waals surface area contributed by atoms with Crippen molar-refractivity contribution >= 4 is 0 Å². The number of aliphatic hydroxyl groups is 2. The Morgan fingerprint density at radius 3 is 1.74 bits per heavy atom. The second kappa shape index (κ2) is 5.38. The van der Waals surface area contributed by atoms with Crippen LogP contribution in [-0.4, -0.2) is 22.5 Å². The molecule has 0 heterocycles. The van der Waals surface area contributed by atoms with E-state index in [1.165, 1.54) is 0 Å². The van der Waals surface area contributed by atoms with E-state index in [0.717, 1.165) is 12.1 Å². The van der Waals surface area contributed by atoms with Gasteiger partial charge in [0.1, 0.15) is 0 Å². The van der Waals surface area contributed by atoms with Crippen molar-refractivity contribution in [2.75, 3.05) is 0 Å². The van der Waals surface area contributed by atoms with Gasteiger partial charge in [-0.1, -0.05) is 12.1 Å². The summed E-state index contributed by atoms with van der Waals surface area (Å²) in [5.74, 6) is 0. The molecule has 19 heavy (non-hydrogen) atoms. The minimum atomic E-state index is -4.88. The number of aliphatic hydroxyl groups excluding tert-OH is 2. The molecule has 1 aromatic rings. The van der Waals surface area contributed by atoms with E-state index in [9.17, 15) is 31.4 Å².